The van der Waals surface area contributed by atoms with Gasteiger partial charge in [0.2, 0.25) is 5.91 Å². The second-order valence-corrected chi connectivity index (χ2v) is 4.84. The molecule has 7 nitrogen and oxygen atoms in total. The van der Waals surface area contributed by atoms with E-state index in [-0.39, 0.29) is 5.91 Å². The van der Waals surface area contributed by atoms with E-state index in [4.69, 9.17) is 18.9 Å². The van der Waals surface area contributed by atoms with E-state index in [1.54, 1.807) is 6.08 Å². The van der Waals surface area contributed by atoms with E-state index in [9.17, 15) is 4.79 Å². The molecule has 7 heteroatoms. The Morgan fingerprint density at radius 2 is 1.42 bits per heavy atom. The van der Waals surface area contributed by atoms with Crippen molar-refractivity contribution in [2.24, 2.45) is 0 Å². The Kier molecular flexibility index (Phi) is 18.8. The van der Waals surface area contributed by atoms with Gasteiger partial charge >= 0.3 is 0 Å². The van der Waals surface area contributed by atoms with E-state index in [2.05, 4.69) is 23.8 Å². The minimum Gasteiger partial charge on any atom is -0.379 e. The van der Waals surface area contributed by atoms with Gasteiger partial charge in [0.1, 0.15) is 0 Å². The summed E-state index contributed by atoms with van der Waals surface area (Å²) < 4.78 is 21.4. The Morgan fingerprint density at radius 3 is 2.00 bits per heavy atom. The van der Waals surface area contributed by atoms with Crippen LogP contribution in [0.4, 0.5) is 0 Å². The van der Waals surface area contributed by atoms with Crippen molar-refractivity contribution in [3.05, 3.63) is 25.3 Å². The van der Waals surface area contributed by atoms with Crippen LogP contribution in [0.3, 0.4) is 0 Å². The van der Waals surface area contributed by atoms with Crippen LogP contribution in [0.2, 0.25) is 0 Å². The normalized spacial score (nSPS) is 10.5. The van der Waals surface area contributed by atoms with E-state index < -0.39 is 0 Å². The minimum absolute atomic E-state index is 0.157. The molecule has 0 aliphatic heterocycles. The lowest BCUT2D eigenvalue weighted by Gasteiger charge is -2.07. The highest BCUT2D eigenvalue weighted by molar-refractivity contribution is 5.86. The Labute approximate surface area is 145 Å². The average molecular weight is 344 g/mol. The van der Waals surface area contributed by atoms with Gasteiger partial charge in [-0.1, -0.05) is 12.7 Å². The molecule has 0 saturated heterocycles. The molecular formula is C17H32N2O5. The van der Waals surface area contributed by atoms with Crippen LogP contribution in [0.5, 0.6) is 0 Å². The summed E-state index contributed by atoms with van der Waals surface area (Å²) in [6.45, 7) is 13.0. The van der Waals surface area contributed by atoms with Crippen LogP contribution in [0.25, 0.3) is 0 Å². The van der Waals surface area contributed by atoms with Crippen LogP contribution < -0.4 is 10.6 Å². The molecule has 0 aromatic heterocycles. The summed E-state index contributed by atoms with van der Waals surface area (Å²) in [5, 5.41) is 5.83. The van der Waals surface area contributed by atoms with Gasteiger partial charge in [-0.2, -0.15) is 0 Å². The molecule has 2 N–H and O–H groups in total. The molecule has 0 heterocycles. The number of hydrogen-bond acceptors (Lipinski definition) is 6. The van der Waals surface area contributed by atoms with Crippen molar-refractivity contribution in [3.8, 4) is 0 Å². The molecule has 0 fully saturated rings. The number of hydrogen-bond donors (Lipinski definition) is 2. The molecule has 24 heavy (non-hydrogen) atoms. The first-order valence-electron chi connectivity index (χ1n) is 8.34. The molecule has 0 saturated carbocycles. The van der Waals surface area contributed by atoms with Crippen molar-refractivity contribution in [2.45, 2.75) is 12.8 Å². The van der Waals surface area contributed by atoms with Crippen LogP contribution >= 0.6 is 0 Å². The zero-order valence-electron chi connectivity index (χ0n) is 14.6. The molecule has 0 rings (SSSR count). The summed E-state index contributed by atoms with van der Waals surface area (Å²) in [4.78, 5) is 10.9. The number of rotatable bonds is 19. The van der Waals surface area contributed by atoms with Gasteiger partial charge in [-0.05, 0) is 25.5 Å². The zero-order chi connectivity index (χ0) is 17.7. The van der Waals surface area contributed by atoms with Gasteiger partial charge in [0.15, 0.2) is 0 Å². The Hall–Kier alpha value is -1.25. The lowest BCUT2D eigenvalue weighted by Crippen LogP contribution is -2.23. The first-order chi connectivity index (χ1) is 11.8. The maximum Gasteiger partial charge on any atom is 0.243 e. The summed E-state index contributed by atoms with van der Waals surface area (Å²) >= 11 is 0. The van der Waals surface area contributed by atoms with Crippen molar-refractivity contribution < 1.29 is 23.7 Å². The van der Waals surface area contributed by atoms with Crippen LogP contribution in [0.15, 0.2) is 25.3 Å². The fourth-order valence-electron chi connectivity index (χ4n) is 1.59. The summed E-state index contributed by atoms with van der Waals surface area (Å²) in [7, 11) is 0. The quantitative estimate of drug-likeness (QED) is 0.157. The van der Waals surface area contributed by atoms with Crippen LogP contribution in [-0.4, -0.2) is 72.0 Å². The van der Waals surface area contributed by atoms with Gasteiger partial charge in [-0.3, -0.25) is 10.1 Å². The molecule has 0 radical (unpaired) electrons. The molecule has 0 aliphatic carbocycles. The molecule has 0 aromatic rings. The fraction of sp³-hybridized carbons (Fsp3) is 0.706. The predicted molar refractivity (Wildman–Crippen MR) is 93.9 cm³/mol. The summed E-state index contributed by atoms with van der Waals surface area (Å²) in [6.07, 6.45) is 4.68. The Morgan fingerprint density at radius 1 is 0.833 bits per heavy atom. The van der Waals surface area contributed by atoms with E-state index in [1.807, 2.05) is 0 Å². The van der Waals surface area contributed by atoms with Crippen molar-refractivity contribution in [1.29, 1.82) is 0 Å². The molecule has 1 amide bonds. The maximum atomic E-state index is 10.9. The molecule has 0 atom stereocenters. The number of amides is 1. The highest BCUT2D eigenvalue weighted by Crippen LogP contribution is 1.86. The van der Waals surface area contributed by atoms with E-state index in [0.29, 0.717) is 59.5 Å². The number of carbonyl (C=O) groups is 1. The molecule has 0 unspecified atom stereocenters. The Balaban J connectivity index is 3.01. The lowest BCUT2D eigenvalue weighted by molar-refractivity contribution is -0.116. The predicted octanol–water partition coefficient (Wildman–Crippen LogP) is 0.868. The van der Waals surface area contributed by atoms with Crippen molar-refractivity contribution in [3.63, 3.8) is 0 Å². The standard InChI is InChI=1S/C17H32N2O5/c1-3-9-24-16-18-7-5-10-21-12-14-23-15-13-22-11-6-8-19-17(20)4-2/h3-4,18H,1-2,5-16H2,(H,19,20). The molecule has 140 valence electrons. The molecule has 0 aliphatic rings. The van der Waals surface area contributed by atoms with Gasteiger partial charge in [0.05, 0.1) is 39.8 Å². The second kappa shape index (κ2) is 19.8. The topological polar surface area (TPSA) is 78.1 Å². The van der Waals surface area contributed by atoms with E-state index in [1.165, 1.54) is 6.08 Å². The largest absolute Gasteiger partial charge is 0.379 e. The van der Waals surface area contributed by atoms with Gasteiger partial charge < -0.3 is 24.3 Å². The summed E-state index contributed by atoms with van der Waals surface area (Å²) in [6, 6.07) is 0. The minimum atomic E-state index is -0.157. The number of ether oxygens (including phenoxy) is 4. The SMILES string of the molecule is C=CCOCNCCCOCCOCCOCCCNC(=O)C=C. The van der Waals surface area contributed by atoms with E-state index >= 15 is 0 Å². The number of nitrogens with one attached hydrogen (secondary N) is 2. The highest BCUT2D eigenvalue weighted by Gasteiger charge is 1.94. The van der Waals surface area contributed by atoms with Gasteiger partial charge in [-0.25, -0.2) is 0 Å². The summed E-state index contributed by atoms with van der Waals surface area (Å²) in [5.41, 5.74) is 0. The second-order valence-electron chi connectivity index (χ2n) is 4.84. The van der Waals surface area contributed by atoms with Gasteiger partial charge in [0.25, 0.3) is 0 Å². The third-order valence-corrected chi connectivity index (χ3v) is 2.78. The fourth-order valence-corrected chi connectivity index (χ4v) is 1.59. The van der Waals surface area contributed by atoms with Crippen LogP contribution in [0.1, 0.15) is 12.8 Å². The molecule has 0 spiro atoms. The summed E-state index contributed by atoms with van der Waals surface area (Å²) in [5.74, 6) is -0.157. The monoisotopic (exact) mass is 344 g/mol. The van der Waals surface area contributed by atoms with Crippen LogP contribution in [-0.2, 0) is 23.7 Å². The number of carbonyl (C=O) groups excluding carboxylic acids is 1. The third-order valence-electron chi connectivity index (χ3n) is 2.78. The molecule has 0 aromatic carbocycles. The van der Waals surface area contributed by atoms with Gasteiger partial charge in [0, 0.05) is 19.8 Å². The van der Waals surface area contributed by atoms with Gasteiger partial charge in [-0.15, -0.1) is 6.58 Å². The Bertz CT molecular complexity index is 313. The average Bonchev–Trinajstić information content (AvgIpc) is 2.60. The molecular weight excluding hydrogens is 312 g/mol. The van der Waals surface area contributed by atoms with Crippen molar-refractivity contribution in [1.82, 2.24) is 10.6 Å². The van der Waals surface area contributed by atoms with E-state index in [0.717, 1.165) is 19.4 Å². The third kappa shape index (κ3) is 18.8. The lowest BCUT2D eigenvalue weighted by atomic mass is 10.4. The maximum absolute atomic E-state index is 10.9. The van der Waals surface area contributed by atoms with Crippen molar-refractivity contribution in [2.75, 3.05) is 66.1 Å². The van der Waals surface area contributed by atoms with Crippen molar-refractivity contribution >= 4 is 5.91 Å². The van der Waals surface area contributed by atoms with Crippen LogP contribution in [0, 0.1) is 0 Å². The first kappa shape index (κ1) is 22.8. The first-order valence-corrected chi connectivity index (χ1v) is 8.34. The molecule has 0 bridgehead atoms. The highest BCUT2D eigenvalue weighted by atomic mass is 16.5. The smallest absolute Gasteiger partial charge is 0.243 e. The zero-order valence-corrected chi connectivity index (χ0v) is 14.6.